The standard InChI is InChI=1S/C9H15N3O3.ClH/c13-8-5-12(2-1-11-8)9(14)6-15-7-3-10-4-7;/h7,10H,1-6H2,(H,11,13);1H. The quantitative estimate of drug-likeness (QED) is 0.629. The molecule has 2 saturated heterocycles. The highest BCUT2D eigenvalue weighted by atomic mass is 35.5. The molecule has 6 nitrogen and oxygen atoms in total. The molecule has 0 aliphatic carbocycles. The van der Waals surface area contributed by atoms with Crippen molar-refractivity contribution in [3.05, 3.63) is 0 Å². The topological polar surface area (TPSA) is 70.7 Å². The second-order valence-corrected chi connectivity index (χ2v) is 3.76. The second kappa shape index (κ2) is 6.03. The van der Waals surface area contributed by atoms with Gasteiger partial charge in [-0.25, -0.2) is 0 Å². The third-order valence-corrected chi connectivity index (χ3v) is 2.58. The van der Waals surface area contributed by atoms with Crippen LogP contribution in [-0.2, 0) is 14.3 Å². The second-order valence-electron chi connectivity index (χ2n) is 3.76. The van der Waals surface area contributed by atoms with Crippen LogP contribution in [-0.4, -0.2) is 62.1 Å². The zero-order valence-electron chi connectivity index (χ0n) is 8.90. The molecule has 0 bridgehead atoms. The first-order valence-corrected chi connectivity index (χ1v) is 5.12. The van der Waals surface area contributed by atoms with Gasteiger partial charge >= 0.3 is 0 Å². The molecule has 0 saturated carbocycles. The SMILES string of the molecule is Cl.O=C1CN(C(=O)COC2CNC2)CCN1. The van der Waals surface area contributed by atoms with Gasteiger partial charge in [-0.05, 0) is 0 Å². The lowest BCUT2D eigenvalue weighted by molar-refractivity contribution is -0.144. The molecule has 92 valence electrons. The molecule has 2 rings (SSSR count). The average molecular weight is 250 g/mol. The Kier molecular flexibility index (Phi) is 4.98. The molecule has 0 unspecified atom stereocenters. The van der Waals surface area contributed by atoms with Crippen LogP contribution >= 0.6 is 12.4 Å². The number of hydrogen-bond acceptors (Lipinski definition) is 4. The fraction of sp³-hybridized carbons (Fsp3) is 0.778. The molecule has 2 fully saturated rings. The van der Waals surface area contributed by atoms with E-state index in [1.165, 1.54) is 4.90 Å². The third-order valence-electron chi connectivity index (χ3n) is 2.58. The van der Waals surface area contributed by atoms with Gasteiger partial charge in [0.1, 0.15) is 6.61 Å². The summed E-state index contributed by atoms with van der Waals surface area (Å²) in [6, 6.07) is 0. The van der Waals surface area contributed by atoms with E-state index in [-0.39, 0.29) is 43.5 Å². The van der Waals surface area contributed by atoms with E-state index in [0.29, 0.717) is 13.1 Å². The molecule has 2 N–H and O–H groups in total. The number of rotatable bonds is 3. The minimum absolute atomic E-state index is 0. The Morgan fingerprint density at radius 1 is 1.50 bits per heavy atom. The summed E-state index contributed by atoms with van der Waals surface area (Å²) in [6.07, 6.45) is 0.160. The zero-order chi connectivity index (χ0) is 10.7. The molecular weight excluding hydrogens is 234 g/mol. The van der Waals surface area contributed by atoms with Crippen molar-refractivity contribution in [2.75, 3.05) is 39.3 Å². The average Bonchev–Trinajstić information content (AvgIpc) is 2.15. The monoisotopic (exact) mass is 249 g/mol. The van der Waals surface area contributed by atoms with Crippen LogP contribution in [0.2, 0.25) is 0 Å². The Morgan fingerprint density at radius 3 is 2.81 bits per heavy atom. The number of hydrogen-bond donors (Lipinski definition) is 2. The van der Waals surface area contributed by atoms with E-state index in [1.807, 2.05) is 0 Å². The smallest absolute Gasteiger partial charge is 0.249 e. The van der Waals surface area contributed by atoms with Crippen molar-refractivity contribution in [2.45, 2.75) is 6.10 Å². The maximum atomic E-state index is 11.6. The molecule has 0 spiro atoms. The number of piperazine rings is 1. The van der Waals surface area contributed by atoms with Crippen LogP contribution in [0.1, 0.15) is 0 Å². The summed E-state index contributed by atoms with van der Waals surface area (Å²) in [4.78, 5) is 24.1. The van der Waals surface area contributed by atoms with Gasteiger partial charge in [-0.15, -0.1) is 12.4 Å². The van der Waals surface area contributed by atoms with Crippen LogP contribution in [0.25, 0.3) is 0 Å². The molecular formula is C9H16ClN3O3. The number of halogens is 1. The molecule has 7 heteroatoms. The molecule has 2 heterocycles. The minimum atomic E-state index is -0.100. The largest absolute Gasteiger partial charge is 0.366 e. The van der Waals surface area contributed by atoms with Crippen molar-refractivity contribution in [2.24, 2.45) is 0 Å². The van der Waals surface area contributed by atoms with Crippen LogP contribution in [0, 0.1) is 0 Å². The van der Waals surface area contributed by atoms with Crippen molar-refractivity contribution < 1.29 is 14.3 Å². The summed E-state index contributed by atoms with van der Waals surface area (Å²) in [5.74, 6) is -0.198. The maximum absolute atomic E-state index is 11.6. The summed E-state index contributed by atoms with van der Waals surface area (Å²) < 4.78 is 5.34. The van der Waals surface area contributed by atoms with Crippen LogP contribution in [0.15, 0.2) is 0 Å². The van der Waals surface area contributed by atoms with Gasteiger partial charge in [-0.3, -0.25) is 9.59 Å². The zero-order valence-corrected chi connectivity index (χ0v) is 9.72. The first kappa shape index (κ1) is 13.2. The first-order chi connectivity index (χ1) is 7.25. The van der Waals surface area contributed by atoms with Crippen molar-refractivity contribution in [1.82, 2.24) is 15.5 Å². The lowest BCUT2D eigenvalue weighted by atomic mass is 10.2. The highest BCUT2D eigenvalue weighted by Crippen LogP contribution is 2.00. The van der Waals surface area contributed by atoms with Crippen LogP contribution in [0.4, 0.5) is 0 Å². The number of carbonyl (C=O) groups is 2. The number of carbonyl (C=O) groups excluding carboxylic acids is 2. The molecule has 16 heavy (non-hydrogen) atoms. The normalized spacial score (nSPS) is 20.8. The van der Waals surface area contributed by atoms with Crippen LogP contribution < -0.4 is 10.6 Å². The summed E-state index contributed by atoms with van der Waals surface area (Å²) >= 11 is 0. The first-order valence-electron chi connectivity index (χ1n) is 5.12. The number of ether oxygens (including phenoxy) is 1. The van der Waals surface area contributed by atoms with E-state index in [4.69, 9.17) is 4.74 Å². The van der Waals surface area contributed by atoms with Crippen LogP contribution in [0.3, 0.4) is 0 Å². The highest BCUT2D eigenvalue weighted by Gasteiger charge is 2.23. The maximum Gasteiger partial charge on any atom is 0.249 e. The molecule has 0 aromatic heterocycles. The Morgan fingerprint density at radius 2 is 2.25 bits per heavy atom. The summed E-state index contributed by atoms with van der Waals surface area (Å²) in [5, 5.41) is 5.73. The van der Waals surface area contributed by atoms with Gasteiger partial charge in [-0.1, -0.05) is 0 Å². The molecule has 2 amide bonds. The Labute approximate surface area is 100 Å². The van der Waals surface area contributed by atoms with E-state index in [2.05, 4.69) is 10.6 Å². The van der Waals surface area contributed by atoms with Crippen molar-refractivity contribution in [3.8, 4) is 0 Å². The van der Waals surface area contributed by atoms with E-state index in [9.17, 15) is 9.59 Å². The van der Waals surface area contributed by atoms with Gasteiger partial charge in [0.2, 0.25) is 11.8 Å². The van der Waals surface area contributed by atoms with E-state index in [0.717, 1.165) is 13.1 Å². The fourth-order valence-corrected chi connectivity index (χ4v) is 1.51. The number of amides is 2. The number of nitrogens with one attached hydrogen (secondary N) is 2. The minimum Gasteiger partial charge on any atom is -0.366 e. The summed E-state index contributed by atoms with van der Waals surface area (Å²) in [7, 11) is 0. The van der Waals surface area contributed by atoms with Crippen molar-refractivity contribution in [3.63, 3.8) is 0 Å². The predicted octanol–water partition coefficient (Wildman–Crippen LogP) is -1.64. The summed E-state index contributed by atoms with van der Waals surface area (Å²) in [6.45, 7) is 2.98. The van der Waals surface area contributed by atoms with Gasteiger partial charge in [-0.2, -0.15) is 0 Å². The molecule has 0 aromatic rings. The lowest BCUT2D eigenvalue weighted by Crippen LogP contribution is -2.53. The highest BCUT2D eigenvalue weighted by molar-refractivity contribution is 5.86. The Bertz CT molecular complexity index is 271. The van der Waals surface area contributed by atoms with Crippen molar-refractivity contribution >= 4 is 24.2 Å². The van der Waals surface area contributed by atoms with Gasteiger partial charge in [0, 0.05) is 26.2 Å². The van der Waals surface area contributed by atoms with Crippen LogP contribution in [0.5, 0.6) is 0 Å². The van der Waals surface area contributed by atoms with Crippen molar-refractivity contribution in [1.29, 1.82) is 0 Å². The van der Waals surface area contributed by atoms with Gasteiger partial charge in [0.15, 0.2) is 0 Å². The third kappa shape index (κ3) is 3.33. The van der Waals surface area contributed by atoms with E-state index in [1.54, 1.807) is 0 Å². The predicted molar refractivity (Wildman–Crippen MR) is 59.4 cm³/mol. The Balaban J connectivity index is 0.00000128. The number of nitrogens with zero attached hydrogens (tertiary/aromatic N) is 1. The Hall–Kier alpha value is -0.850. The van der Waals surface area contributed by atoms with Gasteiger partial charge < -0.3 is 20.3 Å². The van der Waals surface area contributed by atoms with E-state index >= 15 is 0 Å². The summed E-state index contributed by atoms with van der Waals surface area (Å²) in [5.41, 5.74) is 0. The van der Waals surface area contributed by atoms with Gasteiger partial charge in [0.05, 0.1) is 12.6 Å². The molecule has 2 aliphatic heterocycles. The molecule has 0 atom stereocenters. The molecule has 0 aromatic carbocycles. The van der Waals surface area contributed by atoms with Gasteiger partial charge in [0.25, 0.3) is 0 Å². The molecule has 0 radical (unpaired) electrons. The fourth-order valence-electron chi connectivity index (χ4n) is 1.51. The molecule has 2 aliphatic rings. The lowest BCUT2D eigenvalue weighted by Gasteiger charge is -2.30. The van der Waals surface area contributed by atoms with E-state index < -0.39 is 0 Å².